The minimum Gasteiger partial charge on any atom is -0.478 e. The maximum Gasteiger partial charge on any atom is 0.416 e. The summed E-state index contributed by atoms with van der Waals surface area (Å²) in [5.74, 6) is -0.838. The highest BCUT2D eigenvalue weighted by atomic mass is 35.5. The summed E-state index contributed by atoms with van der Waals surface area (Å²) in [5.41, 5.74) is 0.238. The first-order valence-electron chi connectivity index (χ1n) is 11.5. The second-order valence-corrected chi connectivity index (χ2v) is 10.4. The van der Waals surface area contributed by atoms with Gasteiger partial charge in [-0.2, -0.15) is 13.2 Å². The van der Waals surface area contributed by atoms with E-state index in [2.05, 4.69) is 20.3 Å². The molecule has 0 aliphatic heterocycles. The average Bonchev–Trinajstić information content (AvgIpc) is 3.35. The number of anilines is 2. The van der Waals surface area contributed by atoms with E-state index in [1.807, 2.05) is 6.92 Å². The van der Waals surface area contributed by atoms with Gasteiger partial charge in [-0.3, -0.25) is 0 Å². The summed E-state index contributed by atoms with van der Waals surface area (Å²) in [6.45, 7) is 1.82. The molecule has 0 radical (unpaired) electrons. The summed E-state index contributed by atoms with van der Waals surface area (Å²) in [4.78, 5) is 25.1. The molecule has 1 aliphatic rings. The number of hydrogen-bond donors (Lipinski definition) is 3. The number of pyridine rings is 2. The molecule has 0 saturated heterocycles. The number of rotatable bonds is 5. The van der Waals surface area contributed by atoms with Crippen molar-refractivity contribution in [3.05, 3.63) is 86.6 Å². The average molecular weight is 561 g/mol. The predicted molar refractivity (Wildman–Crippen MR) is 137 cm³/mol. The minimum atomic E-state index is -4.50. The van der Waals surface area contributed by atoms with E-state index in [0.717, 1.165) is 23.9 Å². The van der Waals surface area contributed by atoms with Gasteiger partial charge in [0.15, 0.2) is 0 Å². The van der Waals surface area contributed by atoms with Gasteiger partial charge in [0.2, 0.25) is 0 Å². The van der Waals surface area contributed by atoms with Crippen LogP contribution in [0.1, 0.15) is 50.5 Å². The third-order valence-electron chi connectivity index (χ3n) is 6.28. The molecule has 4 aromatic rings. The Morgan fingerprint density at radius 2 is 1.95 bits per heavy atom. The largest absolute Gasteiger partial charge is 0.478 e. The Hall–Kier alpha value is -3.54. The van der Waals surface area contributed by atoms with Gasteiger partial charge in [0.25, 0.3) is 0 Å². The third-order valence-corrected chi connectivity index (χ3v) is 7.76. The molecule has 3 heterocycles. The van der Waals surface area contributed by atoms with E-state index in [9.17, 15) is 28.2 Å². The van der Waals surface area contributed by atoms with Crippen molar-refractivity contribution in [2.45, 2.75) is 38.0 Å². The van der Waals surface area contributed by atoms with Crippen LogP contribution in [0.15, 0.2) is 48.8 Å². The third kappa shape index (κ3) is 4.96. The molecule has 1 aromatic carbocycles. The number of carboxylic acids is 1. The number of carboxylic acid groups (broad SMARTS) is 1. The molecule has 38 heavy (non-hydrogen) atoms. The Kier molecular flexibility index (Phi) is 6.62. The van der Waals surface area contributed by atoms with Gasteiger partial charge in [-0.25, -0.2) is 19.7 Å². The van der Waals surface area contributed by atoms with E-state index in [-0.39, 0.29) is 16.4 Å². The van der Waals surface area contributed by atoms with Gasteiger partial charge in [0, 0.05) is 12.4 Å². The van der Waals surface area contributed by atoms with E-state index in [0.29, 0.717) is 51.8 Å². The molecule has 12 heteroatoms. The van der Waals surface area contributed by atoms with Crippen LogP contribution in [0.25, 0.3) is 10.6 Å². The van der Waals surface area contributed by atoms with E-state index < -0.39 is 23.3 Å². The van der Waals surface area contributed by atoms with Crippen molar-refractivity contribution >= 4 is 40.5 Å². The Morgan fingerprint density at radius 3 is 2.68 bits per heavy atom. The Balaban J connectivity index is 1.47. The standard InChI is InChI=1S/C26H20ClF3N4O3S/c1-13-7-19(33-22(8-13)34-21-10-15(4-6-31-21)26(28,29)30)20-12-32-24(38-20)25(37)5-2-3-14-9-16(23(35)36)18(27)11-17(14)25/h4,6-12,37H,2-3,5H2,1H3,(H,35,36)(H,31,33,34)/t25-/m1/s1. The number of nitrogens with zero attached hydrogens (tertiary/aromatic N) is 3. The fraction of sp³-hybridized carbons (Fsp3) is 0.231. The monoisotopic (exact) mass is 560 g/mol. The second-order valence-electron chi connectivity index (χ2n) is 9.01. The van der Waals surface area contributed by atoms with Crippen molar-refractivity contribution in [3.8, 4) is 10.6 Å². The number of alkyl halides is 3. The van der Waals surface area contributed by atoms with Gasteiger partial charge in [0.05, 0.1) is 26.7 Å². The topological polar surface area (TPSA) is 108 Å². The summed E-state index contributed by atoms with van der Waals surface area (Å²) < 4.78 is 39.2. The van der Waals surface area contributed by atoms with E-state index >= 15 is 0 Å². The van der Waals surface area contributed by atoms with E-state index in [4.69, 9.17) is 11.6 Å². The molecular weight excluding hydrogens is 541 g/mol. The Morgan fingerprint density at radius 1 is 1.16 bits per heavy atom. The van der Waals surface area contributed by atoms with Crippen LogP contribution >= 0.6 is 22.9 Å². The molecule has 0 fully saturated rings. The number of hydrogen-bond acceptors (Lipinski definition) is 7. The van der Waals surface area contributed by atoms with Crippen molar-refractivity contribution in [2.24, 2.45) is 0 Å². The maximum absolute atomic E-state index is 13.1. The molecule has 7 nitrogen and oxygen atoms in total. The van der Waals surface area contributed by atoms with Gasteiger partial charge in [-0.1, -0.05) is 11.6 Å². The maximum atomic E-state index is 13.1. The summed E-state index contributed by atoms with van der Waals surface area (Å²) in [7, 11) is 0. The van der Waals surface area contributed by atoms with Crippen molar-refractivity contribution in [1.29, 1.82) is 0 Å². The number of fused-ring (bicyclic) bond motifs is 1. The highest BCUT2D eigenvalue weighted by molar-refractivity contribution is 7.15. The lowest BCUT2D eigenvalue weighted by molar-refractivity contribution is -0.137. The molecular formula is C26H20ClF3N4O3S. The van der Waals surface area contributed by atoms with Gasteiger partial charge >= 0.3 is 12.1 Å². The van der Waals surface area contributed by atoms with Crippen LogP contribution in [0.2, 0.25) is 5.02 Å². The van der Waals surface area contributed by atoms with Crippen molar-refractivity contribution in [3.63, 3.8) is 0 Å². The quantitative estimate of drug-likeness (QED) is 0.252. The van der Waals surface area contributed by atoms with Gasteiger partial charge in [-0.05, 0) is 79.3 Å². The number of thiazole rings is 1. The molecule has 0 spiro atoms. The summed E-state index contributed by atoms with van der Waals surface area (Å²) in [6.07, 6.45) is -0.240. The van der Waals surface area contributed by atoms with Gasteiger partial charge < -0.3 is 15.5 Å². The lowest BCUT2D eigenvalue weighted by Gasteiger charge is -2.33. The second kappa shape index (κ2) is 9.64. The highest BCUT2D eigenvalue weighted by Crippen LogP contribution is 2.45. The molecule has 196 valence electrons. The lowest BCUT2D eigenvalue weighted by Crippen LogP contribution is -2.32. The molecule has 3 aromatic heterocycles. The Bertz CT molecular complexity index is 1560. The molecule has 1 atom stereocenters. The first-order chi connectivity index (χ1) is 17.9. The zero-order valence-corrected chi connectivity index (χ0v) is 21.4. The number of aliphatic hydroxyl groups is 1. The van der Waals surface area contributed by atoms with Crippen molar-refractivity contribution < 1.29 is 28.2 Å². The molecule has 0 unspecified atom stereocenters. The van der Waals surface area contributed by atoms with Crippen LogP contribution in [0.4, 0.5) is 24.8 Å². The molecule has 3 N–H and O–H groups in total. The predicted octanol–water partition coefficient (Wildman–Crippen LogP) is 6.59. The number of nitrogens with one attached hydrogen (secondary N) is 1. The molecule has 0 saturated carbocycles. The summed E-state index contributed by atoms with van der Waals surface area (Å²) in [6, 6.07) is 8.28. The lowest BCUT2D eigenvalue weighted by atomic mass is 9.79. The highest BCUT2D eigenvalue weighted by Gasteiger charge is 2.40. The summed E-state index contributed by atoms with van der Waals surface area (Å²) in [5, 5.41) is 24.4. The number of aromatic nitrogens is 3. The number of carbonyl (C=O) groups is 1. The number of halogens is 4. The fourth-order valence-corrected chi connectivity index (χ4v) is 5.77. The zero-order chi connectivity index (χ0) is 27.2. The van der Waals surface area contributed by atoms with Crippen molar-refractivity contribution in [1.82, 2.24) is 15.0 Å². The van der Waals surface area contributed by atoms with E-state index in [1.165, 1.54) is 23.5 Å². The van der Waals surface area contributed by atoms with Gasteiger partial charge in [-0.15, -0.1) is 11.3 Å². The van der Waals surface area contributed by atoms with Crippen LogP contribution in [0, 0.1) is 6.92 Å². The van der Waals surface area contributed by atoms with Crippen LogP contribution < -0.4 is 5.32 Å². The van der Waals surface area contributed by atoms with Crippen LogP contribution in [-0.2, 0) is 18.2 Å². The normalized spacial score (nSPS) is 17.2. The molecule has 0 bridgehead atoms. The van der Waals surface area contributed by atoms with Gasteiger partial charge in [0.1, 0.15) is 22.2 Å². The van der Waals surface area contributed by atoms with Crippen LogP contribution in [-0.4, -0.2) is 31.1 Å². The zero-order valence-electron chi connectivity index (χ0n) is 19.8. The van der Waals surface area contributed by atoms with Crippen molar-refractivity contribution in [2.75, 3.05) is 5.32 Å². The fourth-order valence-electron chi connectivity index (χ4n) is 4.51. The Labute approximate surface area is 224 Å². The number of aryl methyl sites for hydroxylation is 2. The summed E-state index contributed by atoms with van der Waals surface area (Å²) >= 11 is 7.44. The van der Waals surface area contributed by atoms with E-state index in [1.54, 1.807) is 18.3 Å². The smallest absolute Gasteiger partial charge is 0.416 e. The van der Waals surface area contributed by atoms with Crippen LogP contribution in [0.5, 0.6) is 0 Å². The number of aromatic carboxylic acids is 1. The first-order valence-corrected chi connectivity index (χ1v) is 12.7. The first kappa shape index (κ1) is 26.1. The molecule has 1 aliphatic carbocycles. The molecule has 0 amide bonds. The molecule has 5 rings (SSSR count). The minimum absolute atomic E-state index is 0.000369. The number of benzene rings is 1. The van der Waals surface area contributed by atoms with Crippen LogP contribution in [0.3, 0.4) is 0 Å². The SMILES string of the molecule is Cc1cc(Nc2cc(C(F)(F)F)ccn2)nc(-c2cnc([C@@]3(O)CCCc4cc(C(=O)O)c(Cl)cc43)s2)c1.